The molecule has 158 valence electrons. The number of primary sulfonamides is 1. The number of rotatable bonds is 5. The molecule has 3 aromatic carbocycles. The van der Waals surface area contributed by atoms with E-state index >= 15 is 0 Å². The Hall–Kier alpha value is -4.26. The molecule has 0 aliphatic rings. The fourth-order valence-electron chi connectivity index (χ4n) is 3.27. The van der Waals surface area contributed by atoms with Gasteiger partial charge < -0.3 is 5.32 Å². The van der Waals surface area contributed by atoms with E-state index in [0.29, 0.717) is 33.8 Å². The van der Waals surface area contributed by atoms with Crippen LogP contribution >= 0.6 is 0 Å². The summed E-state index contributed by atoms with van der Waals surface area (Å²) >= 11 is 0. The summed E-state index contributed by atoms with van der Waals surface area (Å²) in [7, 11) is -3.88. The highest BCUT2D eigenvalue weighted by Gasteiger charge is 2.16. The van der Waals surface area contributed by atoms with E-state index in [0.717, 1.165) is 0 Å². The molecule has 0 aliphatic heterocycles. The lowest BCUT2D eigenvalue weighted by molar-refractivity contribution is 0.101. The van der Waals surface area contributed by atoms with Gasteiger partial charge in [-0.05, 0) is 48.0 Å². The van der Waals surface area contributed by atoms with Gasteiger partial charge in [-0.1, -0.05) is 36.4 Å². The molecule has 32 heavy (non-hydrogen) atoms. The van der Waals surface area contributed by atoms with Gasteiger partial charge in [-0.15, -0.1) is 0 Å². The van der Waals surface area contributed by atoms with Gasteiger partial charge in [0, 0.05) is 11.3 Å². The van der Waals surface area contributed by atoms with Gasteiger partial charge >= 0.3 is 0 Å². The fraction of sp³-hybridized carbons (Fsp3) is 0. The monoisotopic (exact) mass is 443 g/mol. The molecular weight excluding hydrogens is 426 g/mol. The van der Waals surface area contributed by atoms with E-state index in [9.17, 15) is 13.2 Å². The van der Waals surface area contributed by atoms with Crippen molar-refractivity contribution >= 4 is 21.6 Å². The number of carbonyl (C=O) groups excluding carboxylic acids is 1. The van der Waals surface area contributed by atoms with Crippen molar-refractivity contribution in [3.05, 3.63) is 96.3 Å². The molecule has 0 fully saturated rings. The molecular formula is C23H17N5O3S. The zero-order valence-electron chi connectivity index (χ0n) is 16.6. The average Bonchev–Trinajstić information content (AvgIpc) is 3.29. The second-order valence-electron chi connectivity index (χ2n) is 6.86. The molecule has 0 aliphatic carbocycles. The zero-order valence-corrected chi connectivity index (χ0v) is 17.5. The molecule has 1 amide bonds. The third-order valence-electron chi connectivity index (χ3n) is 4.74. The number of aromatic nitrogens is 2. The lowest BCUT2D eigenvalue weighted by atomic mass is 10.1. The predicted molar refractivity (Wildman–Crippen MR) is 119 cm³/mol. The van der Waals surface area contributed by atoms with E-state index in [-0.39, 0.29) is 10.8 Å². The van der Waals surface area contributed by atoms with Crippen LogP contribution in [0.15, 0.2) is 90.0 Å². The van der Waals surface area contributed by atoms with Gasteiger partial charge in [-0.3, -0.25) is 4.79 Å². The number of carbonyl (C=O) groups is 1. The largest absolute Gasteiger partial charge is 0.321 e. The summed E-state index contributed by atoms with van der Waals surface area (Å²) in [4.78, 5) is 12.9. The minimum atomic E-state index is -3.88. The van der Waals surface area contributed by atoms with Gasteiger partial charge in [-0.25, -0.2) is 18.2 Å². The smallest absolute Gasteiger partial charge is 0.274 e. The Balaban J connectivity index is 1.58. The summed E-state index contributed by atoms with van der Waals surface area (Å²) in [6, 6.07) is 23.6. The molecule has 0 spiro atoms. The second-order valence-corrected chi connectivity index (χ2v) is 8.39. The summed E-state index contributed by atoms with van der Waals surface area (Å²) < 4.78 is 25.2. The van der Waals surface area contributed by atoms with Crippen molar-refractivity contribution in [1.82, 2.24) is 9.78 Å². The van der Waals surface area contributed by atoms with Crippen LogP contribution in [0.2, 0.25) is 0 Å². The van der Waals surface area contributed by atoms with Gasteiger partial charge in [-0.2, -0.15) is 10.4 Å². The Morgan fingerprint density at radius 2 is 1.75 bits per heavy atom. The van der Waals surface area contributed by atoms with Crippen molar-refractivity contribution in [2.24, 2.45) is 5.14 Å². The van der Waals surface area contributed by atoms with Crippen LogP contribution in [-0.4, -0.2) is 24.1 Å². The number of nitrogens with two attached hydrogens (primary N) is 1. The zero-order chi connectivity index (χ0) is 22.7. The maximum Gasteiger partial charge on any atom is 0.274 e. The standard InChI is InChI=1S/C23H17N5O3S/c24-15-16-4-3-5-19(14-16)28-21(12-13-26-28)23(29)27-18-10-8-17(9-11-18)20-6-1-2-7-22(20)32(25,30)31/h1-14H,(H,27,29)(H2,25,30,31). The third-order valence-corrected chi connectivity index (χ3v) is 5.71. The maximum atomic E-state index is 12.8. The topological polar surface area (TPSA) is 131 Å². The van der Waals surface area contributed by atoms with Gasteiger partial charge in [0.1, 0.15) is 5.69 Å². The van der Waals surface area contributed by atoms with E-state index in [1.165, 1.54) is 16.9 Å². The van der Waals surface area contributed by atoms with E-state index in [4.69, 9.17) is 10.4 Å². The number of nitrogens with one attached hydrogen (secondary N) is 1. The molecule has 0 saturated carbocycles. The average molecular weight is 443 g/mol. The maximum absolute atomic E-state index is 12.8. The number of sulfonamides is 1. The number of anilines is 1. The van der Waals surface area contributed by atoms with Gasteiger partial charge in [0.2, 0.25) is 10.0 Å². The fourth-order valence-corrected chi connectivity index (χ4v) is 4.03. The highest BCUT2D eigenvalue weighted by atomic mass is 32.2. The first-order valence-corrected chi connectivity index (χ1v) is 11.0. The minimum absolute atomic E-state index is 0.0280. The van der Waals surface area contributed by atoms with Crippen LogP contribution < -0.4 is 10.5 Å². The van der Waals surface area contributed by atoms with Crippen molar-refractivity contribution in [3.63, 3.8) is 0 Å². The molecule has 0 bridgehead atoms. The molecule has 9 heteroatoms. The molecule has 3 N–H and O–H groups in total. The quantitative estimate of drug-likeness (QED) is 0.489. The van der Waals surface area contributed by atoms with Crippen LogP contribution in [0.5, 0.6) is 0 Å². The number of nitrogens with zero attached hydrogens (tertiary/aromatic N) is 3. The summed E-state index contributed by atoms with van der Waals surface area (Å²) in [5, 5.41) is 21.4. The second kappa shape index (κ2) is 8.47. The molecule has 1 aromatic heterocycles. The highest BCUT2D eigenvalue weighted by Crippen LogP contribution is 2.27. The van der Waals surface area contributed by atoms with Gasteiger partial charge in [0.05, 0.1) is 28.4 Å². The summed E-state index contributed by atoms with van der Waals surface area (Å²) in [6.45, 7) is 0. The predicted octanol–water partition coefficient (Wildman–Crippen LogP) is 3.31. The minimum Gasteiger partial charge on any atom is -0.321 e. The van der Waals surface area contributed by atoms with E-state index in [2.05, 4.69) is 16.5 Å². The Morgan fingerprint density at radius 1 is 1.00 bits per heavy atom. The summed E-state index contributed by atoms with van der Waals surface area (Å²) in [6.07, 6.45) is 1.50. The van der Waals surface area contributed by atoms with Crippen LogP contribution in [0, 0.1) is 11.3 Å². The van der Waals surface area contributed by atoms with Crippen LogP contribution in [0.3, 0.4) is 0 Å². The van der Waals surface area contributed by atoms with E-state index in [1.807, 2.05) is 0 Å². The van der Waals surface area contributed by atoms with Crippen LogP contribution in [0.4, 0.5) is 5.69 Å². The van der Waals surface area contributed by atoms with Crippen molar-refractivity contribution in [2.75, 3.05) is 5.32 Å². The van der Waals surface area contributed by atoms with Crippen molar-refractivity contribution in [2.45, 2.75) is 4.90 Å². The first-order valence-electron chi connectivity index (χ1n) is 9.45. The lowest BCUT2D eigenvalue weighted by Gasteiger charge is -2.11. The van der Waals surface area contributed by atoms with Crippen LogP contribution in [-0.2, 0) is 10.0 Å². The highest BCUT2D eigenvalue weighted by molar-refractivity contribution is 7.89. The van der Waals surface area contributed by atoms with E-state index in [1.54, 1.807) is 72.8 Å². The Morgan fingerprint density at radius 3 is 2.47 bits per heavy atom. The molecule has 4 rings (SSSR count). The first-order chi connectivity index (χ1) is 15.4. The van der Waals surface area contributed by atoms with Crippen molar-refractivity contribution in [1.29, 1.82) is 5.26 Å². The van der Waals surface area contributed by atoms with E-state index < -0.39 is 10.0 Å². The van der Waals surface area contributed by atoms with Crippen LogP contribution in [0.25, 0.3) is 16.8 Å². The number of nitriles is 1. The van der Waals surface area contributed by atoms with Crippen molar-refractivity contribution in [3.8, 4) is 22.9 Å². The normalized spacial score (nSPS) is 11.0. The number of amides is 1. The molecule has 1 heterocycles. The molecule has 0 unspecified atom stereocenters. The van der Waals surface area contributed by atoms with Crippen LogP contribution in [0.1, 0.15) is 16.1 Å². The Kier molecular flexibility index (Phi) is 5.55. The molecule has 0 atom stereocenters. The molecule has 4 aromatic rings. The number of hydrogen-bond donors (Lipinski definition) is 2. The number of benzene rings is 3. The first kappa shape index (κ1) is 21.0. The molecule has 0 saturated heterocycles. The Bertz CT molecular complexity index is 1450. The molecule has 0 radical (unpaired) electrons. The summed E-state index contributed by atoms with van der Waals surface area (Å²) in [5.41, 5.74) is 2.98. The third kappa shape index (κ3) is 4.27. The molecule has 8 nitrogen and oxygen atoms in total. The SMILES string of the molecule is N#Cc1cccc(-n2nccc2C(=O)Nc2ccc(-c3ccccc3S(N)(=O)=O)cc2)c1. The summed E-state index contributed by atoms with van der Waals surface area (Å²) in [5.74, 6) is -0.387. The Labute approximate surface area is 184 Å². The van der Waals surface area contributed by atoms with Gasteiger partial charge in [0.25, 0.3) is 5.91 Å². The number of hydrogen-bond acceptors (Lipinski definition) is 5. The van der Waals surface area contributed by atoms with Gasteiger partial charge in [0.15, 0.2) is 0 Å². The lowest BCUT2D eigenvalue weighted by Crippen LogP contribution is -2.17. The van der Waals surface area contributed by atoms with Crippen molar-refractivity contribution < 1.29 is 13.2 Å².